The standard InChI is InChI=1S/C24H19N3O5S/c1-31-18-8-5-9-19(32-2)20(18)21(28)26-24(33)25-14-10-12-15(13-11-14)27-22(29)16-6-3-4-7-17(16)23(27)30/h3-13H,1-2H3,(H2,25,26,28,33). The number of carbonyl (C=O) groups excluding carboxylic acids is 3. The molecule has 0 saturated heterocycles. The van der Waals surface area contributed by atoms with E-state index in [4.69, 9.17) is 21.7 Å². The second-order valence-electron chi connectivity index (χ2n) is 6.98. The van der Waals surface area contributed by atoms with Crippen LogP contribution in [0, 0.1) is 0 Å². The second kappa shape index (κ2) is 9.09. The Labute approximate surface area is 195 Å². The summed E-state index contributed by atoms with van der Waals surface area (Å²) >= 11 is 5.25. The molecule has 0 atom stereocenters. The molecular weight excluding hydrogens is 442 g/mol. The summed E-state index contributed by atoms with van der Waals surface area (Å²) in [6.45, 7) is 0. The molecule has 0 bridgehead atoms. The molecule has 2 N–H and O–H groups in total. The number of methoxy groups -OCH3 is 2. The normalized spacial score (nSPS) is 12.2. The number of benzene rings is 3. The fraction of sp³-hybridized carbons (Fsp3) is 0.0833. The van der Waals surface area contributed by atoms with Gasteiger partial charge in [-0.05, 0) is 60.7 Å². The van der Waals surface area contributed by atoms with Gasteiger partial charge in [-0.2, -0.15) is 0 Å². The average molecular weight is 461 g/mol. The summed E-state index contributed by atoms with van der Waals surface area (Å²) in [7, 11) is 2.91. The van der Waals surface area contributed by atoms with Gasteiger partial charge in [-0.15, -0.1) is 0 Å². The molecule has 0 unspecified atom stereocenters. The van der Waals surface area contributed by atoms with Gasteiger partial charge >= 0.3 is 0 Å². The molecule has 0 aromatic heterocycles. The number of hydrogen-bond acceptors (Lipinski definition) is 6. The van der Waals surface area contributed by atoms with E-state index in [1.807, 2.05) is 0 Å². The minimum absolute atomic E-state index is 0.0569. The maximum Gasteiger partial charge on any atom is 0.266 e. The van der Waals surface area contributed by atoms with Crippen LogP contribution >= 0.6 is 12.2 Å². The van der Waals surface area contributed by atoms with Crippen LogP contribution in [0.15, 0.2) is 66.7 Å². The highest BCUT2D eigenvalue weighted by Crippen LogP contribution is 2.30. The molecule has 0 aliphatic carbocycles. The topological polar surface area (TPSA) is 97.0 Å². The lowest BCUT2D eigenvalue weighted by atomic mass is 10.1. The first-order valence-corrected chi connectivity index (χ1v) is 10.3. The fourth-order valence-electron chi connectivity index (χ4n) is 3.52. The van der Waals surface area contributed by atoms with Gasteiger partial charge in [0.25, 0.3) is 17.7 Å². The van der Waals surface area contributed by atoms with Crippen LogP contribution in [0.2, 0.25) is 0 Å². The zero-order valence-electron chi connectivity index (χ0n) is 17.7. The predicted molar refractivity (Wildman–Crippen MR) is 127 cm³/mol. The summed E-state index contributed by atoms with van der Waals surface area (Å²) < 4.78 is 10.5. The van der Waals surface area contributed by atoms with Crippen molar-refractivity contribution in [2.45, 2.75) is 0 Å². The summed E-state index contributed by atoms with van der Waals surface area (Å²) in [5.74, 6) is -0.543. The number of nitrogens with one attached hydrogen (secondary N) is 2. The molecule has 0 radical (unpaired) electrons. The van der Waals surface area contributed by atoms with Gasteiger partial charge in [-0.25, -0.2) is 4.90 Å². The van der Waals surface area contributed by atoms with Crippen molar-refractivity contribution in [3.05, 3.63) is 83.4 Å². The number of anilines is 2. The Morgan fingerprint density at radius 2 is 1.36 bits per heavy atom. The third-order valence-electron chi connectivity index (χ3n) is 5.06. The average Bonchev–Trinajstić information content (AvgIpc) is 3.09. The van der Waals surface area contributed by atoms with Crippen LogP contribution in [0.4, 0.5) is 11.4 Å². The van der Waals surface area contributed by atoms with Crippen LogP contribution < -0.4 is 25.0 Å². The number of fused-ring (bicyclic) bond motifs is 1. The lowest BCUT2D eigenvalue weighted by Crippen LogP contribution is -2.34. The van der Waals surface area contributed by atoms with Crippen molar-refractivity contribution >= 4 is 46.4 Å². The summed E-state index contributed by atoms with van der Waals surface area (Å²) in [6.07, 6.45) is 0. The van der Waals surface area contributed by atoms with E-state index in [0.29, 0.717) is 34.0 Å². The van der Waals surface area contributed by atoms with Crippen molar-refractivity contribution in [3.63, 3.8) is 0 Å². The molecule has 0 saturated carbocycles. The Balaban J connectivity index is 1.45. The molecule has 0 spiro atoms. The Bertz CT molecular complexity index is 1220. The molecule has 3 aromatic rings. The van der Waals surface area contributed by atoms with Crippen molar-refractivity contribution in [2.75, 3.05) is 24.4 Å². The molecule has 3 aromatic carbocycles. The number of rotatable bonds is 5. The van der Waals surface area contributed by atoms with E-state index in [1.54, 1.807) is 66.7 Å². The minimum atomic E-state index is -0.496. The molecule has 1 aliphatic heterocycles. The molecular formula is C24H19N3O5S. The summed E-state index contributed by atoms with van der Waals surface area (Å²) in [5.41, 5.74) is 1.96. The zero-order chi connectivity index (χ0) is 23.5. The van der Waals surface area contributed by atoms with Crippen molar-refractivity contribution in [1.29, 1.82) is 0 Å². The van der Waals surface area contributed by atoms with E-state index in [1.165, 1.54) is 14.2 Å². The summed E-state index contributed by atoms with van der Waals surface area (Å²) in [6, 6.07) is 18.2. The van der Waals surface area contributed by atoms with Gasteiger partial charge in [-0.3, -0.25) is 19.7 Å². The van der Waals surface area contributed by atoms with Crippen LogP contribution in [0.25, 0.3) is 0 Å². The monoisotopic (exact) mass is 461 g/mol. The number of amides is 3. The van der Waals surface area contributed by atoms with Gasteiger partial charge in [0.1, 0.15) is 17.1 Å². The molecule has 4 rings (SSSR count). The highest BCUT2D eigenvalue weighted by Gasteiger charge is 2.36. The first-order chi connectivity index (χ1) is 15.9. The van der Waals surface area contributed by atoms with Gasteiger partial charge in [0.2, 0.25) is 0 Å². The highest BCUT2D eigenvalue weighted by atomic mass is 32.1. The molecule has 1 aliphatic rings. The van der Waals surface area contributed by atoms with Crippen molar-refractivity contribution < 1.29 is 23.9 Å². The number of thiocarbonyl (C=S) groups is 1. The molecule has 33 heavy (non-hydrogen) atoms. The SMILES string of the molecule is COc1cccc(OC)c1C(=O)NC(=S)Nc1ccc(N2C(=O)c3ccccc3C2=O)cc1. The van der Waals surface area contributed by atoms with Crippen LogP contribution in [0.5, 0.6) is 11.5 Å². The van der Waals surface area contributed by atoms with Crippen molar-refractivity contribution in [3.8, 4) is 11.5 Å². The smallest absolute Gasteiger partial charge is 0.266 e. The molecule has 1 heterocycles. The largest absolute Gasteiger partial charge is 0.496 e. The van der Waals surface area contributed by atoms with Gasteiger partial charge < -0.3 is 14.8 Å². The maximum atomic E-state index is 12.7. The van der Waals surface area contributed by atoms with Crippen LogP contribution in [-0.2, 0) is 0 Å². The van der Waals surface area contributed by atoms with Gasteiger partial charge in [0.05, 0.1) is 31.0 Å². The number of carbonyl (C=O) groups is 3. The van der Waals surface area contributed by atoms with Crippen molar-refractivity contribution in [1.82, 2.24) is 5.32 Å². The van der Waals surface area contributed by atoms with Gasteiger partial charge in [-0.1, -0.05) is 18.2 Å². The first kappa shape index (κ1) is 22.0. The van der Waals surface area contributed by atoms with Crippen molar-refractivity contribution in [2.24, 2.45) is 0 Å². The van der Waals surface area contributed by atoms with E-state index < -0.39 is 5.91 Å². The lowest BCUT2D eigenvalue weighted by molar-refractivity contribution is 0.0923. The van der Waals surface area contributed by atoms with Crippen LogP contribution in [0.1, 0.15) is 31.1 Å². The first-order valence-electron chi connectivity index (χ1n) is 9.85. The lowest BCUT2D eigenvalue weighted by Gasteiger charge is -2.16. The Morgan fingerprint density at radius 1 is 0.818 bits per heavy atom. The summed E-state index contributed by atoms with van der Waals surface area (Å²) in [5, 5.41) is 5.55. The third-order valence-corrected chi connectivity index (χ3v) is 5.26. The molecule has 3 amide bonds. The van der Waals surface area contributed by atoms with E-state index in [-0.39, 0.29) is 22.5 Å². The second-order valence-corrected chi connectivity index (χ2v) is 7.39. The quantitative estimate of drug-likeness (QED) is 0.442. The van der Waals surface area contributed by atoms with Gasteiger partial charge in [0.15, 0.2) is 5.11 Å². The molecule has 0 fully saturated rings. The van der Waals surface area contributed by atoms with Crippen LogP contribution in [-0.4, -0.2) is 37.1 Å². The molecule has 166 valence electrons. The van der Waals surface area contributed by atoms with E-state index in [9.17, 15) is 14.4 Å². The maximum absolute atomic E-state index is 12.7. The molecule has 9 heteroatoms. The van der Waals surface area contributed by atoms with E-state index >= 15 is 0 Å². The zero-order valence-corrected chi connectivity index (χ0v) is 18.6. The Morgan fingerprint density at radius 3 is 1.88 bits per heavy atom. The minimum Gasteiger partial charge on any atom is -0.496 e. The van der Waals surface area contributed by atoms with E-state index in [2.05, 4.69) is 10.6 Å². The predicted octanol–water partition coefficient (Wildman–Crippen LogP) is 3.63. The number of nitrogens with zero attached hydrogens (tertiary/aromatic N) is 1. The highest BCUT2D eigenvalue weighted by molar-refractivity contribution is 7.80. The van der Waals surface area contributed by atoms with E-state index in [0.717, 1.165) is 4.90 Å². The van der Waals surface area contributed by atoms with Crippen LogP contribution in [0.3, 0.4) is 0 Å². The van der Waals surface area contributed by atoms with Gasteiger partial charge in [0, 0.05) is 5.69 Å². The fourth-order valence-corrected chi connectivity index (χ4v) is 3.73. The summed E-state index contributed by atoms with van der Waals surface area (Å²) in [4.78, 5) is 39.1. The molecule has 8 nitrogen and oxygen atoms in total. The Hall–Kier alpha value is -4.24. The number of ether oxygens (including phenoxy) is 2. The Kier molecular flexibility index (Phi) is 6.05. The number of hydrogen-bond donors (Lipinski definition) is 2. The third kappa shape index (κ3) is 4.13. The number of imide groups is 1.